The van der Waals surface area contributed by atoms with Crippen molar-refractivity contribution in [1.82, 2.24) is 4.90 Å². The minimum absolute atomic E-state index is 0.0925. The van der Waals surface area contributed by atoms with Gasteiger partial charge in [-0.15, -0.1) is 0 Å². The Kier molecular flexibility index (Phi) is 3.71. The molecule has 1 unspecified atom stereocenters. The second kappa shape index (κ2) is 5.04. The third-order valence-corrected chi connectivity index (χ3v) is 3.41. The molecular formula is C13H12F4N2O. The highest BCUT2D eigenvalue weighted by Gasteiger charge is 2.56. The number of nitriles is 1. The van der Waals surface area contributed by atoms with Crippen LogP contribution in [0.2, 0.25) is 0 Å². The molecule has 20 heavy (non-hydrogen) atoms. The van der Waals surface area contributed by atoms with E-state index in [1.54, 1.807) is 6.07 Å². The molecule has 108 valence electrons. The number of alkyl halides is 3. The maximum atomic E-state index is 13.1. The molecule has 7 heteroatoms. The number of rotatable bonds is 2. The van der Waals surface area contributed by atoms with Gasteiger partial charge in [0.15, 0.2) is 5.60 Å². The maximum absolute atomic E-state index is 13.1. The van der Waals surface area contributed by atoms with Crippen LogP contribution in [0.3, 0.4) is 0 Å². The fourth-order valence-corrected chi connectivity index (χ4v) is 2.25. The molecule has 2 rings (SSSR count). The number of hydrogen-bond donors (Lipinski definition) is 1. The van der Waals surface area contributed by atoms with Gasteiger partial charge in [0.1, 0.15) is 11.9 Å². The molecule has 0 amide bonds. The van der Waals surface area contributed by atoms with Crippen molar-refractivity contribution in [2.45, 2.75) is 24.7 Å². The van der Waals surface area contributed by atoms with Crippen LogP contribution in [0.4, 0.5) is 17.6 Å². The summed E-state index contributed by atoms with van der Waals surface area (Å²) in [5.74, 6) is -0.663. The average Bonchev–Trinajstić information content (AvgIpc) is 2.74. The van der Waals surface area contributed by atoms with E-state index >= 15 is 0 Å². The first kappa shape index (κ1) is 14.8. The Labute approximate surface area is 113 Å². The van der Waals surface area contributed by atoms with E-state index in [1.165, 1.54) is 17.0 Å². The third-order valence-electron chi connectivity index (χ3n) is 3.41. The number of aliphatic hydroxyl groups is 1. The zero-order chi connectivity index (χ0) is 15.0. The van der Waals surface area contributed by atoms with Gasteiger partial charge in [-0.05, 0) is 24.1 Å². The highest BCUT2D eigenvalue weighted by atomic mass is 19.4. The van der Waals surface area contributed by atoms with Crippen molar-refractivity contribution in [2.24, 2.45) is 0 Å². The van der Waals surface area contributed by atoms with Gasteiger partial charge in [-0.2, -0.15) is 18.4 Å². The van der Waals surface area contributed by atoms with Gasteiger partial charge in [-0.3, -0.25) is 4.90 Å². The van der Waals surface area contributed by atoms with Gasteiger partial charge in [0.25, 0.3) is 0 Å². The minimum atomic E-state index is -4.66. The van der Waals surface area contributed by atoms with Crippen molar-refractivity contribution >= 4 is 0 Å². The summed E-state index contributed by atoms with van der Waals surface area (Å²) in [5, 5.41) is 18.2. The summed E-state index contributed by atoms with van der Waals surface area (Å²) < 4.78 is 51.1. The number of halogens is 4. The largest absolute Gasteiger partial charge is 0.418 e. The molecule has 1 aromatic carbocycles. The lowest BCUT2D eigenvalue weighted by molar-refractivity contribution is -0.254. The monoisotopic (exact) mass is 288 g/mol. The topological polar surface area (TPSA) is 47.3 Å². The molecule has 1 saturated heterocycles. The van der Waals surface area contributed by atoms with Crippen molar-refractivity contribution in [3.8, 4) is 6.07 Å². The van der Waals surface area contributed by atoms with E-state index in [9.17, 15) is 22.7 Å². The quantitative estimate of drug-likeness (QED) is 0.849. The van der Waals surface area contributed by atoms with Crippen LogP contribution in [0.1, 0.15) is 17.5 Å². The fraction of sp³-hybridized carbons (Fsp3) is 0.462. The summed E-state index contributed by atoms with van der Waals surface area (Å²) in [4.78, 5) is 1.43. The average molecular weight is 288 g/mol. The zero-order valence-corrected chi connectivity index (χ0v) is 10.4. The third kappa shape index (κ3) is 2.76. The van der Waals surface area contributed by atoms with E-state index in [-0.39, 0.29) is 25.1 Å². The van der Waals surface area contributed by atoms with E-state index in [0.717, 1.165) is 6.07 Å². The van der Waals surface area contributed by atoms with Crippen LogP contribution >= 0.6 is 0 Å². The summed E-state index contributed by atoms with van der Waals surface area (Å²) >= 11 is 0. The molecule has 1 aromatic rings. The van der Waals surface area contributed by atoms with E-state index in [1.807, 2.05) is 0 Å². The van der Waals surface area contributed by atoms with Gasteiger partial charge < -0.3 is 5.11 Å². The summed E-state index contributed by atoms with van der Waals surface area (Å²) in [6.45, 7) is -0.293. The molecule has 0 radical (unpaired) electrons. The van der Waals surface area contributed by atoms with Gasteiger partial charge >= 0.3 is 6.18 Å². The van der Waals surface area contributed by atoms with Gasteiger partial charge in [0.05, 0.1) is 5.56 Å². The molecule has 0 saturated carbocycles. The van der Waals surface area contributed by atoms with E-state index in [0.29, 0.717) is 5.56 Å². The molecule has 0 bridgehead atoms. The predicted molar refractivity (Wildman–Crippen MR) is 62.0 cm³/mol. The lowest BCUT2D eigenvalue weighted by Gasteiger charge is -2.26. The van der Waals surface area contributed by atoms with Crippen LogP contribution in [0.15, 0.2) is 18.2 Å². The summed E-state index contributed by atoms with van der Waals surface area (Å²) in [5.41, 5.74) is -2.30. The number of nitrogens with zero attached hydrogens (tertiary/aromatic N) is 2. The molecule has 0 aromatic heterocycles. The number of hydrogen-bond acceptors (Lipinski definition) is 3. The van der Waals surface area contributed by atoms with Crippen LogP contribution in [-0.4, -0.2) is 34.9 Å². The van der Waals surface area contributed by atoms with E-state index < -0.39 is 24.1 Å². The molecule has 0 spiro atoms. The first-order chi connectivity index (χ1) is 9.25. The van der Waals surface area contributed by atoms with Crippen LogP contribution in [0.5, 0.6) is 0 Å². The minimum Gasteiger partial charge on any atom is -0.379 e. The van der Waals surface area contributed by atoms with Crippen molar-refractivity contribution < 1.29 is 22.7 Å². The van der Waals surface area contributed by atoms with E-state index in [2.05, 4.69) is 0 Å². The van der Waals surface area contributed by atoms with Crippen molar-refractivity contribution in [2.75, 3.05) is 13.1 Å². The van der Waals surface area contributed by atoms with Crippen LogP contribution in [0, 0.1) is 17.1 Å². The Morgan fingerprint density at radius 2 is 2.10 bits per heavy atom. The summed E-state index contributed by atoms with van der Waals surface area (Å²) in [6.07, 6.45) is -5.05. The Morgan fingerprint density at radius 3 is 2.65 bits per heavy atom. The molecule has 1 heterocycles. The van der Waals surface area contributed by atoms with Gasteiger partial charge in [-0.25, -0.2) is 4.39 Å². The number of benzene rings is 1. The molecular weight excluding hydrogens is 276 g/mol. The number of β-amino-alcohol motifs (C(OH)–C–C–N with tert-alkyl or cyclic N) is 1. The molecule has 1 N–H and O–H groups in total. The molecule has 1 aliphatic rings. The molecule has 1 atom stereocenters. The molecule has 1 aliphatic heterocycles. The zero-order valence-electron chi connectivity index (χ0n) is 10.4. The molecule has 0 aliphatic carbocycles. The lowest BCUT2D eigenvalue weighted by Crippen LogP contribution is -2.47. The number of likely N-dealkylation sites (tertiary alicyclic amines) is 1. The molecule has 3 nitrogen and oxygen atoms in total. The first-order valence-corrected chi connectivity index (χ1v) is 5.95. The Hall–Kier alpha value is -1.65. The second-order valence-corrected chi connectivity index (χ2v) is 4.92. The first-order valence-electron chi connectivity index (χ1n) is 5.95. The Balaban J connectivity index is 2.08. The summed E-state index contributed by atoms with van der Waals surface area (Å²) in [6, 6.07) is 5.51. The Bertz CT molecular complexity index is 552. The standard InChI is InChI=1S/C13H12F4N2O/c14-11-2-1-9(5-10(11)6-18)7-19-4-3-12(20,8-19)13(15,16)17/h1-2,5,20H,3-4,7-8H2. The van der Waals surface area contributed by atoms with Crippen molar-refractivity contribution in [1.29, 1.82) is 5.26 Å². The smallest absolute Gasteiger partial charge is 0.379 e. The van der Waals surface area contributed by atoms with Gasteiger partial charge in [0, 0.05) is 19.6 Å². The van der Waals surface area contributed by atoms with Crippen LogP contribution < -0.4 is 0 Å². The van der Waals surface area contributed by atoms with Crippen molar-refractivity contribution in [3.63, 3.8) is 0 Å². The Morgan fingerprint density at radius 1 is 1.40 bits per heavy atom. The van der Waals surface area contributed by atoms with Gasteiger partial charge in [-0.1, -0.05) is 6.07 Å². The van der Waals surface area contributed by atoms with E-state index in [4.69, 9.17) is 5.26 Å². The maximum Gasteiger partial charge on any atom is 0.418 e. The van der Waals surface area contributed by atoms with Crippen LogP contribution in [-0.2, 0) is 6.54 Å². The van der Waals surface area contributed by atoms with Gasteiger partial charge in [0.2, 0.25) is 0 Å². The molecule has 1 fully saturated rings. The van der Waals surface area contributed by atoms with Crippen molar-refractivity contribution in [3.05, 3.63) is 35.1 Å². The lowest BCUT2D eigenvalue weighted by atomic mass is 10.0. The fourth-order valence-electron chi connectivity index (χ4n) is 2.25. The predicted octanol–water partition coefficient (Wildman–Crippen LogP) is 2.20. The summed E-state index contributed by atoms with van der Waals surface area (Å²) in [7, 11) is 0. The highest BCUT2D eigenvalue weighted by Crippen LogP contribution is 2.38. The normalized spacial score (nSPS) is 23.8. The highest BCUT2D eigenvalue weighted by molar-refractivity contribution is 5.34. The SMILES string of the molecule is N#Cc1cc(CN2CCC(O)(C(F)(F)F)C2)ccc1F. The van der Waals surface area contributed by atoms with Crippen LogP contribution in [0.25, 0.3) is 0 Å². The second-order valence-electron chi connectivity index (χ2n) is 4.92.